The van der Waals surface area contributed by atoms with Crippen molar-refractivity contribution in [3.63, 3.8) is 0 Å². The number of aromatic nitrogens is 1. The summed E-state index contributed by atoms with van der Waals surface area (Å²) >= 11 is 0. The van der Waals surface area contributed by atoms with Crippen molar-refractivity contribution < 1.29 is 0 Å². The number of nitrogens with zero attached hydrogens (tertiary/aromatic N) is 1. The van der Waals surface area contributed by atoms with E-state index >= 15 is 0 Å². The van der Waals surface area contributed by atoms with Gasteiger partial charge < -0.3 is 4.57 Å². The van der Waals surface area contributed by atoms with Gasteiger partial charge in [0, 0.05) is 28.4 Å². The molecule has 1 heteroatoms. The van der Waals surface area contributed by atoms with Crippen LogP contribution in [0, 0.1) is 0 Å². The van der Waals surface area contributed by atoms with Gasteiger partial charge in [0.15, 0.2) is 0 Å². The Morgan fingerprint density at radius 1 is 0.655 bits per heavy atom. The minimum Gasteiger partial charge on any atom is -0.341 e. The number of benzene rings is 4. The summed E-state index contributed by atoms with van der Waals surface area (Å²) in [5, 5.41) is 2.73. The van der Waals surface area contributed by atoms with Gasteiger partial charge in [-0.25, -0.2) is 0 Å². The number of rotatable bonds is 3. The van der Waals surface area contributed by atoms with Crippen LogP contribution in [0.2, 0.25) is 0 Å². The lowest BCUT2D eigenvalue weighted by molar-refractivity contribution is 0.827. The third-order valence-electron chi connectivity index (χ3n) is 6.42. The van der Waals surface area contributed by atoms with E-state index in [1.54, 1.807) is 0 Å². The number of hydrogen-bond donors (Lipinski definition) is 0. The molecule has 0 fully saturated rings. The maximum absolute atomic E-state index is 2.42. The second-order valence-corrected chi connectivity index (χ2v) is 8.12. The molecule has 4 aromatic carbocycles. The second kappa shape index (κ2) is 6.35. The summed E-state index contributed by atoms with van der Waals surface area (Å²) in [6.45, 7) is 3.22. The van der Waals surface area contributed by atoms with E-state index in [1.165, 1.54) is 55.2 Å². The quantitative estimate of drug-likeness (QED) is 0.315. The molecule has 29 heavy (non-hydrogen) atoms. The minimum absolute atomic E-state index is 0.977. The van der Waals surface area contributed by atoms with E-state index in [0.717, 1.165) is 19.4 Å². The van der Waals surface area contributed by atoms with Crippen LogP contribution in [-0.4, -0.2) is 4.57 Å². The van der Waals surface area contributed by atoms with Crippen molar-refractivity contribution in [1.82, 2.24) is 4.57 Å². The molecule has 1 aliphatic rings. The molecule has 0 aliphatic heterocycles. The Labute approximate surface area is 171 Å². The molecule has 1 aromatic heterocycles. The summed E-state index contributed by atoms with van der Waals surface area (Å²) in [5.41, 5.74) is 11.2. The molecule has 5 aromatic rings. The van der Waals surface area contributed by atoms with E-state index in [1.807, 2.05) is 0 Å². The van der Waals surface area contributed by atoms with Crippen LogP contribution in [0.25, 0.3) is 32.9 Å². The topological polar surface area (TPSA) is 4.93 Å². The van der Waals surface area contributed by atoms with Gasteiger partial charge in [-0.2, -0.15) is 0 Å². The zero-order chi connectivity index (χ0) is 19.4. The fourth-order valence-corrected chi connectivity index (χ4v) is 5.10. The van der Waals surface area contributed by atoms with E-state index in [-0.39, 0.29) is 0 Å². The maximum atomic E-state index is 2.42. The fourth-order valence-electron chi connectivity index (χ4n) is 5.10. The first-order chi connectivity index (χ1) is 14.3. The largest absolute Gasteiger partial charge is 0.341 e. The third kappa shape index (κ3) is 2.54. The fraction of sp³-hybridized carbons (Fsp3) is 0.143. The van der Waals surface area contributed by atoms with Gasteiger partial charge in [-0.3, -0.25) is 0 Å². The number of fused-ring (bicyclic) bond motifs is 6. The summed E-state index contributed by atoms with van der Waals surface area (Å²) in [4.78, 5) is 0. The molecule has 0 radical (unpaired) electrons. The van der Waals surface area contributed by atoms with Crippen LogP contribution in [0.5, 0.6) is 0 Å². The Hall–Kier alpha value is -3.32. The van der Waals surface area contributed by atoms with Gasteiger partial charge in [0.2, 0.25) is 0 Å². The van der Waals surface area contributed by atoms with Crippen molar-refractivity contribution in [3.8, 4) is 11.1 Å². The van der Waals surface area contributed by atoms with E-state index in [4.69, 9.17) is 0 Å². The first kappa shape index (κ1) is 16.6. The summed E-state index contributed by atoms with van der Waals surface area (Å²) in [6.07, 6.45) is 2.04. The highest BCUT2D eigenvalue weighted by Gasteiger charge is 2.18. The van der Waals surface area contributed by atoms with Crippen LogP contribution < -0.4 is 0 Å². The van der Waals surface area contributed by atoms with Crippen molar-refractivity contribution >= 4 is 21.8 Å². The maximum Gasteiger partial charge on any atom is 0.0491 e. The van der Waals surface area contributed by atoms with Gasteiger partial charge >= 0.3 is 0 Å². The normalized spacial score (nSPS) is 12.4. The lowest BCUT2D eigenvalue weighted by Gasteiger charge is -2.07. The zero-order valence-electron chi connectivity index (χ0n) is 16.7. The van der Waals surface area contributed by atoms with Crippen LogP contribution in [-0.2, 0) is 19.4 Å². The number of hydrogen-bond acceptors (Lipinski definition) is 0. The molecule has 0 saturated carbocycles. The van der Waals surface area contributed by atoms with E-state index in [2.05, 4.69) is 96.4 Å². The lowest BCUT2D eigenvalue weighted by atomic mass is 9.98. The molecule has 6 rings (SSSR count). The number of aryl methyl sites for hydroxylation is 1. The van der Waals surface area contributed by atoms with E-state index < -0.39 is 0 Å². The van der Waals surface area contributed by atoms with Gasteiger partial charge in [-0.05, 0) is 71.3 Å². The first-order valence-corrected chi connectivity index (χ1v) is 10.5. The molecule has 0 amide bonds. The van der Waals surface area contributed by atoms with Crippen molar-refractivity contribution in [3.05, 3.63) is 107 Å². The molecule has 1 aliphatic carbocycles. The molecule has 0 bridgehead atoms. The molecule has 0 spiro atoms. The van der Waals surface area contributed by atoms with Crippen LogP contribution in [0.3, 0.4) is 0 Å². The molecular weight excluding hydrogens is 350 g/mol. The molecule has 0 unspecified atom stereocenters. The summed E-state index contributed by atoms with van der Waals surface area (Å²) in [6, 6.07) is 31.6. The molecule has 0 saturated heterocycles. The van der Waals surface area contributed by atoms with E-state index in [0.29, 0.717) is 0 Å². The van der Waals surface area contributed by atoms with Gasteiger partial charge in [0.1, 0.15) is 0 Å². The Kier molecular flexibility index (Phi) is 3.64. The van der Waals surface area contributed by atoms with Crippen LogP contribution in [0.1, 0.15) is 29.2 Å². The molecule has 0 N–H and O–H groups in total. The SMILES string of the molecule is CCn1c2ccccc2c2cc(Cc3ccc4c(c3)Cc3ccccc3-4)ccc21. The Bertz CT molecular complexity index is 1390. The zero-order valence-corrected chi connectivity index (χ0v) is 16.7. The summed E-state index contributed by atoms with van der Waals surface area (Å²) in [7, 11) is 0. The van der Waals surface area contributed by atoms with Gasteiger partial charge in [0.25, 0.3) is 0 Å². The van der Waals surface area contributed by atoms with Crippen molar-refractivity contribution in [1.29, 1.82) is 0 Å². The summed E-state index contributed by atoms with van der Waals surface area (Å²) < 4.78 is 2.42. The standard InChI is InChI=1S/C28H23N/c1-2-29-27-10-6-5-9-25(27)26-17-20(12-14-28(26)29)15-19-11-13-24-22(16-19)18-21-7-3-4-8-23(21)24/h3-14,16-17H,2,15,18H2,1H3. The molecule has 0 atom stereocenters. The first-order valence-electron chi connectivity index (χ1n) is 10.5. The average molecular weight is 373 g/mol. The monoisotopic (exact) mass is 373 g/mol. The predicted octanol–water partition coefficient (Wildman–Crippen LogP) is 6.98. The highest BCUT2D eigenvalue weighted by atomic mass is 15.0. The average Bonchev–Trinajstić information content (AvgIpc) is 3.28. The van der Waals surface area contributed by atoms with Gasteiger partial charge in [-0.15, -0.1) is 0 Å². The van der Waals surface area contributed by atoms with Gasteiger partial charge in [-0.1, -0.05) is 66.7 Å². The van der Waals surface area contributed by atoms with Crippen molar-refractivity contribution in [2.75, 3.05) is 0 Å². The van der Waals surface area contributed by atoms with Crippen molar-refractivity contribution in [2.24, 2.45) is 0 Å². The van der Waals surface area contributed by atoms with Crippen LogP contribution >= 0.6 is 0 Å². The van der Waals surface area contributed by atoms with Crippen molar-refractivity contribution in [2.45, 2.75) is 26.3 Å². The Morgan fingerprint density at radius 2 is 1.38 bits per heavy atom. The minimum atomic E-state index is 0.977. The van der Waals surface area contributed by atoms with Crippen LogP contribution in [0.4, 0.5) is 0 Å². The highest BCUT2D eigenvalue weighted by molar-refractivity contribution is 6.08. The molecule has 1 heterocycles. The van der Waals surface area contributed by atoms with E-state index in [9.17, 15) is 0 Å². The highest BCUT2D eigenvalue weighted by Crippen LogP contribution is 2.37. The molecule has 140 valence electrons. The van der Waals surface area contributed by atoms with Crippen LogP contribution in [0.15, 0.2) is 84.9 Å². The predicted molar refractivity (Wildman–Crippen MR) is 123 cm³/mol. The Balaban J connectivity index is 1.40. The Morgan fingerprint density at radius 3 is 2.31 bits per heavy atom. The van der Waals surface area contributed by atoms with Gasteiger partial charge in [0.05, 0.1) is 0 Å². The lowest BCUT2D eigenvalue weighted by Crippen LogP contribution is -1.94. The third-order valence-corrected chi connectivity index (χ3v) is 6.42. The molecular formula is C28H23N. The number of para-hydroxylation sites is 1. The second-order valence-electron chi connectivity index (χ2n) is 8.12. The molecule has 1 nitrogen and oxygen atoms in total. The summed E-state index contributed by atoms with van der Waals surface area (Å²) in [5.74, 6) is 0. The smallest absolute Gasteiger partial charge is 0.0491 e.